The lowest BCUT2D eigenvalue weighted by Crippen LogP contribution is -2.38. The number of aliphatic hydroxyl groups is 1. The number of benzene rings is 1. The summed E-state index contributed by atoms with van der Waals surface area (Å²) in [6.07, 6.45) is -1.72. The quantitative estimate of drug-likeness (QED) is 0.454. The summed E-state index contributed by atoms with van der Waals surface area (Å²) in [6.45, 7) is -1.01. The summed E-state index contributed by atoms with van der Waals surface area (Å²) in [6, 6.07) is 5.52. The molecule has 1 atom stereocenters. The number of nitro benzene ring substituents is 1. The lowest BCUT2D eigenvalue weighted by Gasteiger charge is -2.09. The van der Waals surface area contributed by atoms with Gasteiger partial charge in [0, 0.05) is 6.07 Å². The van der Waals surface area contributed by atoms with Crippen molar-refractivity contribution < 1.29 is 29.5 Å². The third-order valence-corrected chi connectivity index (χ3v) is 2.20. The second-order valence-electron chi connectivity index (χ2n) is 3.67. The van der Waals surface area contributed by atoms with Gasteiger partial charge in [0.2, 0.25) is 0 Å². The first-order valence-corrected chi connectivity index (χ1v) is 5.45. The second kappa shape index (κ2) is 7.04. The van der Waals surface area contributed by atoms with Crippen LogP contribution in [-0.2, 0) is 9.59 Å². The fourth-order valence-electron chi connectivity index (χ4n) is 1.22. The van der Waals surface area contributed by atoms with Crippen LogP contribution < -0.4 is 10.1 Å². The van der Waals surface area contributed by atoms with E-state index in [-0.39, 0.29) is 11.4 Å². The normalized spacial score (nSPS) is 11.4. The molecule has 1 aromatic rings. The number of nitrogens with zero attached hydrogens (tertiary/aromatic N) is 1. The van der Waals surface area contributed by atoms with Crippen LogP contribution >= 0.6 is 0 Å². The van der Waals surface area contributed by atoms with E-state index in [1.54, 1.807) is 0 Å². The number of carboxylic acids is 1. The number of carboxylic acid groups (broad SMARTS) is 1. The fourth-order valence-corrected chi connectivity index (χ4v) is 1.22. The van der Waals surface area contributed by atoms with Crippen molar-refractivity contribution in [3.63, 3.8) is 0 Å². The van der Waals surface area contributed by atoms with Crippen LogP contribution in [0.4, 0.5) is 5.69 Å². The molecule has 0 spiro atoms. The number of hydrogen-bond donors (Lipinski definition) is 3. The van der Waals surface area contributed by atoms with E-state index in [0.29, 0.717) is 0 Å². The molecule has 0 aliphatic carbocycles. The number of ether oxygens (including phenoxy) is 1. The molecular weight excluding hydrogens is 272 g/mol. The Balaban J connectivity index is 2.49. The van der Waals surface area contributed by atoms with Crippen LogP contribution in [0.2, 0.25) is 0 Å². The maximum Gasteiger partial charge on any atom is 0.334 e. The van der Waals surface area contributed by atoms with E-state index in [0.717, 1.165) is 0 Å². The highest BCUT2D eigenvalue weighted by Gasteiger charge is 2.16. The van der Waals surface area contributed by atoms with Gasteiger partial charge in [0.05, 0.1) is 11.5 Å². The molecule has 20 heavy (non-hydrogen) atoms. The molecule has 0 unspecified atom stereocenters. The SMILES string of the molecule is O=C(COc1ccccc1[N+](=O)[O-])NC[C@H](O)C(=O)O. The standard InChI is InChI=1S/C11H12N2O7/c14-8(11(16)17)5-12-10(15)6-20-9-4-2-1-3-7(9)13(18)19/h1-4,8,14H,5-6H2,(H,12,15)(H,16,17)/t8-/m0/s1. The number of carbonyl (C=O) groups is 2. The summed E-state index contributed by atoms with van der Waals surface area (Å²) in [5, 5.41) is 30.1. The number of hydrogen-bond acceptors (Lipinski definition) is 6. The van der Waals surface area contributed by atoms with Gasteiger partial charge in [-0.3, -0.25) is 14.9 Å². The molecule has 9 nitrogen and oxygen atoms in total. The molecular formula is C11H12N2O7. The zero-order valence-electron chi connectivity index (χ0n) is 10.2. The number of rotatable bonds is 7. The molecule has 0 aliphatic rings. The van der Waals surface area contributed by atoms with E-state index in [1.165, 1.54) is 24.3 Å². The van der Waals surface area contributed by atoms with Crippen LogP contribution in [0.1, 0.15) is 0 Å². The molecule has 0 bridgehead atoms. The fraction of sp³-hybridized carbons (Fsp3) is 0.273. The molecule has 0 aromatic heterocycles. The number of aliphatic carboxylic acids is 1. The maximum absolute atomic E-state index is 11.3. The van der Waals surface area contributed by atoms with Crippen molar-refractivity contribution >= 4 is 17.6 Å². The second-order valence-corrected chi connectivity index (χ2v) is 3.67. The van der Waals surface area contributed by atoms with Crippen molar-refractivity contribution in [1.29, 1.82) is 0 Å². The third-order valence-electron chi connectivity index (χ3n) is 2.20. The smallest absolute Gasteiger partial charge is 0.334 e. The van der Waals surface area contributed by atoms with E-state index in [4.69, 9.17) is 14.9 Å². The molecule has 0 radical (unpaired) electrons. The van der Waals surface area contributed by atoms with Gasteiger partial charge < -0.3 is 20.3 Å². The summed E-state index contributed by atoms with van der Waals surface area (Å²) < 4.78 is 4.97. The van der Waals surface area contributed by atoms with Crippen molar-refractivity contribution in [1.82, 2.24) is 5.32 Å². The number of carbonyl (C=O) groups excluding carboxylic acids is 1. The molecule has 0 fully saturated rings. The van der Waals surface area contributed by atoms with Crippen molar-refractivity contribution in [2.24, 2.45) is 0 Å². The van der Waals surface area contributed by atoms with Gasteiger partial charge in [-0.05, 0) is 6.07 Å². The van der Waals surface area contributed by atoms with Crippen LogP contribution in [0.25, 0.3) is 0 Å². The average molecular weight is 284 g/mol. The van der Waals surface area contributed by atoms with Crippen molar-refractivity contribution in [3.8, 4) is 5.75 Å². The largest absolute Gasteiger partial charge is 0.479 e. The van der Waals surface area contributed by atoms with Crippen LogP contribution in [0.5, 0.6) is 5.75 Å². The van der Waals surface area contributed by atoms with Crippen molar-refractivity contribution in [2.45, 2.75) is 6.10 Å². The molecule has 1 rings (SSSR count). The topological polar surface area (TPSA) is 139 Å². The Morgan fingerprint density at radius 1 is 1.40 bits per heavy atom. The molecule has 0 aliphatic heterocycles. The Bertz CT molecular complexity index is 517. The Morgan fingerprint density at radius 2 is 2.05 bits per heavy atom. The van der Waals surface area contributed by atoms with E-state index in [2.05, 4.69) is 5.32 Å². The molecule has 0 saturated heterocycles. The zero-order valence-corrected chi connectivity index (χ0v) is 10.2. The predicted molar refractivity (Wildman–Crippen MR) is 65.2 cm³/mol. The number of nitro groups is 1. The van der Waals surface area contributed by atoms with Gasteiger partial charge in [-0.2, -0.15) is 0 Å². The average Bonchev–Trinajstić information content (AvgIpc) is 2.42. The summed E-state index contributed by atoms with van der Waals surface area (Å²) in [4.78, 5) is 31.6. The van der Waals surface area contributed by atoms with Gasteiger partial charge in [0.15, 0.2) is 18.5 Å². The molecule has 0 saturated carbocycles. The van der Waals surface area contributed by atoms with E-state index in [9.17, 15) is 19.7 Å². The van der Waals surface area contributed by atoms with Crippen LogP contribution in [0.3, 0.4) is 0 Å². The van der Waals surface area contributed by atoms with Gasteiger partial charge in [0.1, 0.15) is 0 Å². The minimum Gasteiger partial charge on any atom is -0.479 e. The maximum atomic E-state index is 11.3. The minimum atomic E-state index is -1.72. The minimum absolute atomic E-state index is 0.0774. The Kier molecular flexibility index (Phi) is 5.42. The zero-order chi connectivity index (χ0) is 15.1. The van der Waals surface area contributed by atoms with Gasteiger partial charge in [-0.25, -0.2) is 4.79 Å². The summed E-state index contributed by atoms with van der Waals surface area (Å²) in [5.41, 5.74) is -0.286. The molecule has 0 heterocycles. The number of para-hydroxylation sites is 2. The Hall–Kier alpha value is -2.68. The van der Waals surface area contributed by atoms with Crippen molar-refractivity contribution in [2.75, 3.05) is 13.2 Å². The third kappa shape index (κ3) is 4.53. The lowest BCUT2D eigenvalue weighted by molar-refractivity contribution is -0.385. The van der Waals surface area contributed by atoms with Crippen LogP contribution in [0, 0.1) is 10.1 Å². The monoisotopic (exact) mass is 284 g/mol. The molecule has 1 amide bonds. The number of aliphatic hydroxyl groups excluding tert-OH is 1. The summed E-state index contributed by atoms with van der Waals surface area (Å²) >= 11 is 0. The first kappa shape index (κ1) is 15.4. The predicted octanol–water partition coefficient (Wildman–Crippen LogP) is -0.465. The summed E-state index contributed by atoms with van der Waals surface area (Å²) in [5.74, 6) is -2.25. The number of amides is 1. The van der Waals surface area contributed by atoms with E-state index < -0.39 is 36.1 Å². The highest BCUT2D eigenvalue weighted by atomic mass is 16.6. The molecule has 9 heteroatoms. The molecule has 3 N–H and O–H groups in total. The van der Waals surface area contributed by atoms with Gasteiger partial charge in [-0.1, -0.05) is 12.1 Å². The molecule has 1 aromatic carbocycles. The van der Waals surface area contributed by atoms with E-state index in [1.807, 2.05) is 0 Å². The highest BCUT2D eigenvalue weighted by Crippen LogP contribution is 2.25. The van der Waals surface area contributed by atoms with Gasteiger partial charge >= 0.3 is 11.7 Å². The van der Waals surface area contributed by atoms with Gasteiger partial charge in [0.25, 0.3) is 5.91 Å². The van der Waals surface area contributed by atoms with E-state index >= 15 is 0 Å². The van der Waals surface area contributed by atoms with Crippen LogP contribution in [0.15, 0.2) is 24.3 Å². The van der Waals surface area contributed by atoms with Crippen LogP contribution in [-0.4, -0.2) is 46.3 Å². The van der Waals surface area contributed by atoms with Crippen molar-refractivity contribution in [3.05, 3.63) is 34.4 Å². The first-order chi connectivity index (χ1) is 9.41. The van der Waals surface area contributed by atoms with Gasteiger partial charge in [-0.15, -0.1) is 0 Å². The highest BCUT2D eigenvalue weighted by molar-refractivity contribution is 5.79. The number of nitrogens with one attached hydrogen (secondary N) is 1. The lowest BCUT2D eigenvalue weighted by atomic mass is 10.3. The summed E-state index contributed by atoms with van der Waals surface area (Å²) in [7, 11) is 0. The molecule has 108 valence electrons. The first-order valence-electron chi connectivity index (χ1n) is 5.45. The Morgan fingerprint density at radius 3 is 2.65 bits per heavy atom. The Labute approximate surface area is 112 Å².